The molecule has 1 atom stereocenters. The molecule has 118 valence electrons. The lowest BCUT2D eigenvalue weighted by atomic mass is 10.1. The van der Waals surface area contributed by atoms with Crippen LogP contribution in [0.15, 0.2) is 0 Å². The molecule has 2 amide bonds. The molecule has 0 unspecified atom stereocenters. The minimum Gasteiger partial charge on any atom is -0.337 e. The summed E-state index contributed by atoms with van der Waals surface area (Å²) in [6.45, 7) is 10.4. The van der Waals surface area contributed by atoms with Crippen LogP contribution in [0.1, 0.15) is 44.5 Å². The molecule has 2 N–H and O–H groups in total. The molecular weight excluding hydrogens is 286 g/mol. The Hall–Kier alpha value is -1.21. The van der Waals surface area contributed by atoms with Gasteiger partial charge in [0.05, 0.1) is 0 Å². The van der Waals surface area contributed by atoms with E-state index in [0.717, 1.165) is 11.6 Å². The fourth-order valence-electron chi connectivity index (χ4n) is 2.40. The molecule has 1 aromatic rings. The topological polar surface area (TPSA) is 70.1 Å². The number of anilines is 1. The second-order valence-corrected chi connectivity index (χ2v) is 7.06. The summed E-state index contributed by atoms with van der Waals surface area (Å²) in [4.78, 5) is 14.3. The molecule has 1 saturated heterocycles. The summed E-state index contributed by atoms with van der Waals surface area (Å²) >= 11 is 1.43. The van der Waals surface area contributed by atoms with E-state index in [1.54, 1.807) is 0 Å². The van der Waals surface area contributed by atoms with E-state index in [4.69, 9.17) is 0 Å². The summed E-state index contributed by atoms with van der Waals surface area (Å²) in [5, 5.41) is 15.2. The quantitative estimate of drug-likeness (QED) is 0.847. The molecule has 1 aliphatic rings. The van der Waals surface area contributed by atoms with Crippen molar-refractivity contribution in [3.8, 4) is 0 Å². The van der Waals surface area contributed by atoms with Crippen molar-refractivity contribution in [3.63, 3.8) is 0 Å². The zero-order chi connectivity index (χ0) is 15.2. The Morgan fingerprint density at radius 1 is 1.29 bits per heavy atom. The maximum absolute atomic E-state index is 11.8. The van der Waals surface area contributed by atoms with Crippen molar-refractivity contribution < 1.29 is 4.79 Å². The van der Waals surface area contributed by atoms with E-state index in [1.165, 1.54) is 37.3 Å². The van der Waals surface area contributed by atoms with Crippen LogP contribution in [0.4, 0.5) is 9.93 Å². The molecule has 2 rings (SSSR count). The second kappa shape index (κ2) is 7.70. The molecule has 7 heteroatoms. The van der Waals surface area contributed by atoms with Crippen LogP contribution in [0.2, 0.25) is 0 Å². The highest BCUT2D eigenvalue weighted by atomic mass is 32.1. The van der Waals surface area contributed by atoms with E-state index in [-0.39, 0.29) is 6.03 Å². The first kappa shape index (κ1) is 16.2. The minimum atomic E-state index is -0.199. The standard InChI is InChI=1S/C14H25N5OS/c1-10(2)12-17-18-14(21-12)16-13(20)15-8-11(3)9-19-6-4-5-7-19/h10-11H,4-9H2,1-3H3,(H2,15,16,18,20)/t11-/m0/s1. The number of amides is 2. The lowest BCUT2D eigenvalue weighted by Crippen LogP contribution is -2.36. The smallest absolute Gasteiger partial charge is 0.321 e. The van der Waals surface area contributed by atoms with Crippen LogP contribution in [0.3, 0.4) is 0 Å². The first-order chi connectivity index (χ1) is 10.0. The Labute approximate surface area is 130 Å². The molecule has 21 heavy (non-hydrogen) atoms. The molecule has 0 saturated carbocycles. The molecule has 1 fully saturated rings. The van der Waals surface area contributed by atoms with Crippen molar-refractivity contribution in [2.24, 2.45) is 5.92 Å². The Balaban J connectivity index is 1.68. The van der Waals surface area contributed by atoms with Gasteiger partial charge in [-0.25, -0.2) is 4.79 Å². The average Bonchev–Trinajstić information content (AvgIpc) is 3.08. The van der Waals surface area contributed by atoms with Crippen molar-refractivity contribution in [2.45, 2.75) is 39.5 Å². The summed E-state index contributed by atoms with van der Waals surface area (Å²) in [7, 11) is 0. The lowest BCUT2D eigenvalue weighted by molar-refractivity contribution is 0.245. The van der Waals surface area contributed by atoms with Crippen LogP contribution in [-0.2, 0) is 0 Å². The number of nitrogens with zero attached hydrogens (tertiary/aromatic N) is 3. The molecule has 0 aromatic carbocycles. The molecule has 1 aromatic heterocycles. The molecular formula is C14H25N5OS. The number of urea groups is 1. The van der Waals surface area contributed by atoms with E-state index < -0.39 is 0 Å². The number of likely N-dealkylation sites (tertiary alicyclic amines) is 1. The summed E-state index contributed by atoms with van der Waals surface area (Å²) in [5.74, 6) is 0.788. The number of nitrogens with one attached hydrogen (secondary N) is 2. The van der Waals surface area contributed by atoms with Gasteiger partial charge >= 0.3 is 6.03 Å². The fraction of sp³-hybridized carbons (Fsp3) is 0.786. The Morgan fingerprint density at radius 3 is 2.62 bits per heavy atom. The van der Waals surface area contributed by atoms with Gasteiger partial charge in [-0.3, -0.25) is 5.32 Å². The molecule has 1 aliphatic heterocycles. The van der Waals surface area contributed by atoms with Crippen LogP contribution in [0.5, 0.6) is 0 Å². The number of carbonyl (C=O) groups is 1. The maximum atomic E-state index is 11.8. The molecule has 0 aliphatic carbocycles. The van der Waals surface area contributed by atoms with Gasteiger partial charge in [-0.15, -0.1) is 10.2 Å². The Bertz CT molecular complexity index is 456. The third kappa shape index (κ3) is 5.24. The normalized spacial score (nSPS) is 17.1. The van der Waals surface area contributed by atoms with Crippen LogP contribution in [0.25, 0.3) is 0 Å². The van der Waals surface area contributed by atoms with E-state index >= 15 is 0 Å². The van der Waals surface area contributed by atoms with Crippen LogP contribution in [0, 0.1) is 5.92 Å². The maximum Gasteiger partial charge on any atom is 0.321 e. The highest BCUT2D eigenvalue weighted by Gasteiger charge is 2.15. The number of carbonyl (C=O) groups excluding carboxylic acids is 1. The van der Waals surface area contributed by atoms with E-state index in [1.807, 2.05) is 0 Å². The van der Waals surface area contributed by atoms with Crippen molar-refractivity contribution in [3.05, 3.63) is 5.01 Å². The molecule has 0 spiro atoms. The minimum absolute atomic E-state index is 0.199. The van der Waals surface area contributed by atoms with E-state index in [9.17, 15) is 4.79 Å². The van der Waals surface area contributed by atoms with Crippen molar-refractivity contribution in [1.29, 1.82) is 0 Å². The van der Waals surface area contributed by atoms with Crippen LogP contribution in [-0.4, -0.2) is 47.3 Å². The second-order valence-electron chi connectivity index (χ2n) is 6.05. The third-order valence-electron chi connectivity index (χ3n) is 3.53. The first-order valence-electron chi connectivity index (χ1n) is 7.65. The van der Waals surface area contributed by atoms with Crippen molar-refractivity contribution >= 4 is 22.5 Å². The Kier molecular flexibility index (Phi) is 5.93. The highest BCUT2D eigenvalue weighted by Crippen LogP contribution is 2.22. The van der Waals surface area contributed by atoms with Crippen molar-refractivity contribution in [2.75, 3.05) is 31.5 Å². The summed E-state index contributed by atoms with van der Waals surface area (Å²) in [5.41, 5.74) is 0. The van der Waals surface area contributed by atoms with Crippen LogP contribution < -0.4 is 10.6 Å². The van der Waals surface area contributed by atoms with Gasteiger partial charge in [0.1, 0.15) is 5.01 Å². The van der Waals surface area contributed by atoms with Gasteiger partial charge in [-0.05, 0) is 31.8 Å². The summed E-state index contributed by atoms with van der Waals surface area (Å²) < 4.78 is 0. The van der Waals surface area contributed by atoms with Gasteiger partial charge in [-0.1, -0.05) is 32.1 Å². The highest BCUT2D eigenvalue weighted by molar-refractivity contribution is 7.15. The third-order valence-corrected chi connectivity index (χ3v) is 4.67. The summed E-state index contributed by atoms with van der Waals surface area (Å²) in [6.07, 6.45) is 2.60. The Morgan fingerprint density at radius 2 is 2.00 bits per heavy atom. The summed E-state index contributed by atoms with van der Waals surface area (Å²) in [6, 6.07) is -0.199. The van der Waals surface area contributed by atoms with Crippen molar-refractivity contribution in [1.82, 2.24) is 20.4 Å². The first-order valence-corrected chi connectivity index (χ1v) is 8.47. The fourth-order valence-corrected chi connectivity index (χ4v) is 3.14. The van der Waals surface area contributed by atoms with Gasteiger partial charge in [0, 0.05) is 19.0 Å². The molecule has 2 heterocycles. The number of hydrogen-bond acceptors (Lipinski definition) is 5. The van der Waals surface area contributed by atoms with Gasteiger partial charge in [0.2, 0.25) is 5.13 Å². The SMILES string of the molecule is CC(C)c1nnc(NC(=O)NC[C@H](C)CN2CCCC2)s1. The van der Waals surface area contributed by atoms with E-state index in [0.29, 0.717) is 23.5 Å². The van der Waals surface area contributed by atoms with E-state index in [2.05, 4.69) is 46.5 Å². The average molecular weight is 311 g/mol. The molecule has 0 radical (unpaired) electrons. The molecule has 6 nitrogen and oxygen atoms in total. The van der Waals surface area contributed by atoms with Crippen LogP contribution >= 0.6 is 11.3 Å². The zero-order valence-electron chi connectivity index (χ0n) is 13.1. The number of aromatic nitrogens is 2. The predicted molar refractivity (Wildman–Crippen MR) is 85.9 cm³/mol. The molecule has 0 bridgehead atoms. The monoisotopic (exact) mass is 311 g/mol. The van der Waals surface area contributed by atoms with Gasteiger partial charge in [-0.2, -0.15) is 0 Å². The zero-order valence-corrected chi connectivity index (χ0v) is 13.9. The largest absolute Gasteiger partial charge is 0.337 e. The number of hydrogen-bond donors (Lipinski definition) is 2. The number of rotatable bonds is 6. The van der Waals surface area contributed by atoms with Gasteiger partial charge in [0.15, 0.2) is 0 Å². The lowest BCUT2D eigenvalue weighted by Gasteiger charge is -2.20. The van der Waals surface area contributed by atoms with Gasteiger partial charge < -0.3 is 10.2 Å². The predicted octanol–water partition coefficient (Wildman–Crippen LogP) is 2.51. The van der Waals surface area contributed by atoms with Gasteiger partial charge in [0.25, 0.3) is 0 Å².